The second-order valence-electron chi connectivity index (χ2n) is 9.01. The van der Waals surface area contributed by atoms with Crippen molar-refractivity contribution in [2.75, 3.05) is 28.1 Å². The Bertz CT molecular complexity index is 1120. The number of ether oxygens (including phenoxy) is 6. The smallest absolute Gasteiger partial charge is 0.231 e. The third-order valence-electron chi connectivity index (χ3n) is 6.24. The normalized spacial score (nSPS) is 20.3. The topological polar surface area (TPSA) is 72.5 Å². The zero-order valence-corrected chi connectivity index (χ0v) is 18.9. The molecule has 0 radical (unpaired) electrons. The van der Waals surface area contributed by atoms with E-state index in [2.05, 4.69) is 13.8 Å². The number of hydrogen-bond donors (Lipinski definition) is 0. The lowest BCUT2D eigenvalue weighted by molar-refractivity contribution is -0.118. The molecule has 0 bridgehead atoms. The van der Waals surface area contributed by atoms with Gasteiger partial charge in [-0.1, -0.05) is 13.8 Å². The number of rotatable bonds is 4. The molecule has 7 nitrogen and oxygen atoms in total. The summed E-state index contributed by atoms with van der Waals surface area (Å²) < 4.78 is 34.2. The molecule has 0 fully saturated rings. The molecule has 0 unspecified atom stereocenters. The fourth-order valence-electron chi connectivity index (χ4n) is 4.85. The number of methoxy groups -OCH3 is 3. The number of Topliss-reactive ketones (excluding diaryl/α,β-unsaturated/α-hetero) is 1. The zero-order chi connectivity index (χ0) is 22.6. The molecule has 0 N–H and O–H groups in total. The molecule has 7 heteroatoms. The molecule has 2 aromatic carbocycles. The summed E-state index contributed by atoms with van der Waals surface area (Å²) in [6, 6.07) is 7.54. The lowest BCUT2D eigenvalue weighted by Gasteiger charge is -2.38. The van der Waals surface area contributed by atoms with Crippen molar-refractivity contribution >= 4 is 5.78 Å². The molecule has 2 heterocycles. The first kappa shape index (κ1) is 20.5. The zero-order valence-electron chi connectivity index (χ0n) is 18.9. The van der Waals surface area contributed by atoms with Crippen LogP contribution in [0.1, 0.15) is 43.7 Å². The van der Waals surface area contributed by atoms with Crippen molar-refractivity contribution in [2.24, 2.45) is 5.41 Å². The molecule has 3 aliphatic rings. The van der Waals surface area contributed by atoms with Gasteiger partial charge in [0.15, 0.2) is 28.8 Å². The summed E-state index contributed by atoms with van der Waals surface area (Å²) in [7, 11) is 4.73. The molecule has 0 saturated heterocycles. The Balaban J connectivity index is 1.76. The van der Waals surface area contributed by atoms with Crippen molar-refractivity contribution < 1.29 is 33.2 Å². The van der Waals surface area contributed by atoms with Crippen LogP contribution in [-0.2, 0) is 4.79 Å². The largest absolute Gasteiger partial charge is 0.493 e. The van der Waals surface area contributed by atoms with Crippen molar-refractivity contribution in [3.05, 3.63) is 46.7 Å². The van der Waals surface area contributed by atoms with E-state index in [4.69, 9.17) is 28.4 Å². The van der Waals surface area contributed by atoms with Crippen LogP contribution in [0.2, 0.25) is 0 Å². The standard InChI is InChI=1S/C25H26O7/c1-25(2)10-15(26)23-21(11-25)32-16-9-18-17(30-12-31-18)8-14(16)22(23)13-6-19(27-3)24(29-5)20(7-13)28-4/h6-9,22H,10-12H2,1-5H3/t22-/m1/s1. The van der Waals surface area contributed by atoms with Crippen LogP contribution in [0.5, 0.6) is 34.5 Å². The molecule has 0 spiro atoms. The van der Waals surface area contributed by atoms with Gasteiger partial charge in [0.1, 0.15) is 11.5 Å². The number of fused-ring (bicyclic) bond motifs is 2. The summed E-state index contributed by atoms with van der Waals surface area (Å²) in [5.74, 6) is 3.92. The lowest BCUT2D eigenvalue weighted by atomic mass is 9.70. The Morgan fingerprint density at radius 1 is 0.875 bits per heavy atom. The SMILES string of the molecule is COc1cc([C@H]2C3=C(CC(C)(C)CC3=O)Oc3cc4c(cc32)OCO4)cc(OC)c1OC. The predicted molar refractivity (Wildman–Crippen MR) is 116 cm³/mol. The van der Waals surface area contributed by atoms with Gasteiger partial charge in [-0.2, -0.15) is 0 Å². The number of allylic oxidation sites excluding steroid dienone is 2. The van der Waals surface area contributed by atoms with E-state index in [1.165, 1.54) is 0 Å². The van der Waals surface area contributed by atoms with E-state index in [1.807, 2.05) is 24.3 Å². The molecule has 1 aliphatic carbocycles. The number of carbonyl (C=O) groups is 1. The van der Waals surface area contributed by atoms with Crippen LogP contribution < -0.4 is 28.4 Å². The number of carbonyl (C=O) groups excluding carboxylic acids is 1. The van der Waals surface area contributed by atoms with Gasteiger partial charge in [0.05, 0.1) is 21.3 Å². The molecule has 32 heavy (non-hydrogen) atoms. The van der Waals surface area contributed by atoms with Crippen LogP contribution in [0.3, 0.4) is 0 Å². The third-order valence-corrected chi connectivity index (χ3v) is 6.24. The maximum atomic E-state index is 13.4. The molecule has 1 atom stereocenters. The van der Waals surface area contributed by atoms with Gasteiger partial charge < -0.3 is 28.4 Å². The first-order valence-corrected chi connectivity index (χ1v) is 10.5. The molecule has 2 aromatic rings. The maximum Gasteiger partial charge on any atom is 0.231 e. The minimum absolute atomic E-state index is 0.0818. The van der Waals surface area contributed by atoms with Gasteiger partial charge >= 0.3 is 0 Å². The lowest BCUT2D eigenvalue weighted by Crippen LogP contribution is -2.32. The summed E-state index contributed by atoms with van der Waals surface area (Å²) in [6.07, 6.45) is 1.12. The minimum atomic E-state index is -0.361. The number of hydrogen-bond acceptors (Lipinski definition) is 7. The Morgan fingerprint density at radius 2 is 1.53 bits per heavy atom. The van der Waals surface area contributed by atoms with Gasteiger partial charge in [0, 0.05) is 36.0 Å². The van der Waals surface area contributed by atoms with Gasteiger partial charge in [-0.3, -0.25) is 4.79 Å². The quantitative estimate of drug-likeness (QED) is 0.690. The molecule has 168 valence electrons. The minimum Gasteiger partial charge on any atom is -0.493 e. The summed E-state index contributed by atoms with van der Waals surface area (Å²) >= 11 is 0. The predicted octanol–water partition coefficient (Wildman–Crippen LogP) is 4.61. The van der Waals surface area contributed by atoms with E-state index >= 15 is 0 Å². The van der Waals surface area contributed by atoms with Crippen LogP contribution in [0.4, 0.5) is 0 Å². The Morgan fingerprint density at radius 3 is 2.16 bits per heavy atom. The van der Waals surface area contributed by atoms with Crippen molar-refractivity contribution in [1.29, 1.82) is 0 Å². The van der Waals surface area contributed by atoms with Crippen molar-refractivity contribution in [3.63, 3.8) is 0 Å². The highest BCUT2D eigenvalue weighted by Crippen LogP contribution is 2.54. The van der Waals surface area contributed by atoms with Gasteiger partial charge in [-0.15, -0.1) is 0 Å². The summed E-state index contributed by atoms with van der Waals surface area (Å²) in [5, 5.41) is 0. The maximum absolute atomic E-state index is 13.4. The van der Waals surface area contributed by atoms with Gasteiger partial charge in [-0.05, 0) is 29.2 Å². The number of benzene rings is 2. The first-order valence-electron chi connectivity index (χ1n) is 10.5. The van der Waals surface area contributed by atoms with Crippen molar-refractivity contribution in [2.45, 2.75) is 32.6 Å². The molecule has 0 amide bonds. The summed E-state index contributed by atoms with van der Waals surface area (Å²) in [4.78, 5) is 13.4. The summed E-state index contributed by atoms with van der Waals surface area (Å²) in [6.45, 7) is 4.33. The van der Waals surface area contributed by atoms with Gasteiger partial charge in [0.25, 0.3) is 0 Å². The van der Waals surface area contributed by atoms with Crippen molar-refractivity contribution in [3.8, 4) is 34.5 Å². The summed E-state index contributed by atoms with van der Waals surface area (Å²) in [5.41, 5.74) is 2.19. The van der Waals surface area contributed by atoms with Crippen molar-refractivity contribution in [1.82, 2.24) is 0 Å². The second-order valence-corrected chi connectivity index (χ2v) is 9.01. The monoisotopic (exact) mass is 438 g/mol. The molecule has 0 aromatic heterocycles. The fraction of sp³-hybridized carbons (Fsp3) is 0.400. The van der Waals surface area contributed by atoms with E-state index in [9.17, 15) is 4.79 Å². The molecular weight excluding hydrogens is 412 g/mol. The number of ketones is 1. The van der Waals surface area contributed by atoms with Gasteiger partial charge in [-0.25, -0.2) is 0 Å². The Kier molecular flexibility index (Phi) is 4.73. The van der Waals surface area contributed by atoms with E-state index in [1.54, 1.807) is 21.3 Å². The Hall–Kier alpha value is -3.35. The molecular formula is C25H26O7. The van der Waals surface area contributed by atoms with E-state index in [0.717, 1.165) is 11.1 Å². The van der Waals surface area contributed by atoms with E-state index in [0.29, 0.717) is 58.7 Å². The Labute approximate surface area is 186 Å². The second kappa shape index (κ2) is 7.36. The molecule has 2 aliphatic heterocycles. The highest BCUT2D eigenvalue weighted by Gasteiger charge is 2.43. The molecule has 0 saturated carbocycles. The van der Waals surface area contributed by atoms with Crippen LogP contribution in [0, 0.1) is 5.41 Å². The highest BCUT2D eigenvalue weighted by molar-refractivity contribution is 6.00. The average Bonchev–Trinajstić information content (AvgIpc) is 3.21. The molecule has 5 rings (SSSR count). The third kappa shape index (κ3) is 3.15. The average molecular weight is 438 g/mol. The first-order chi connectivity index (χ1) is 15.3. The van der Waals surface area contributed by atoms with Crippen LogP contribution in [0.15, 0.2) is 35.6 Å². The van der Waals surface area contributed by atoms with E-state index in [-0.39, 0.29) is 23.9 Å². The van der Waals surface area contributed by atoms with Crippen LogP contribution in [0.25, 0.3) is 0 Å². The van der Waals surface area contributed by atoms with Crippen LogP contribution >= 0.6 is 0 Å². The van der Waals surface area contributed by atoms with Crippen LogP contribution in [-0.4, -0.2) is 33.9 Å². The van der Waals surface area contributed by atoms with Gasteiger partial charge in [0.2, 0.25) is 12.5 Å². The van der Waals surface area contributed by atoms with E-state index < -0.39 is 0 Å². The fourth-order valence-corrected chi connectivity index (χ4v) is 4.85. The highest BCUT2D eigenvalue weighted by atomic mass is 16.7.